The summed E-state index contributed by atoms with van der Waals surface area (Å²) in [4.78, 5) is 11.6. The molecule has 0 bridgehead atoms. The smallest absolute Gasteiger partial charge is 0.223 e. The largest absolute Gasteiger partial charge is 0.493 e. The second kappa shape index (κ2) is 6.57. The molecule has 1 aromatic rings. The molecule has 0 aliphatic rings. The molecule has 0 aliphatic carbocycles. The Balaban J connectivity index is 2.38. The fourth-order valence-corrected chi connectivity index (χ4v) is 1.54. The van der Waals surface area contributed by atoms with Gasteiger partial charge in [0, 0.05) is 0 Å². The first-order chi connectivity index (χ1) is 8.84. The van der Waals surface area contributed by atoms with Crippen LogP contribution in [0.2, 0.25) is 0 Å². The predicted molar refractivity (Wildman–Crippen MR) is 75.3 cm³/mol. The third kappa shape index (κ3) is 5.30. The van der Waals surface area contributed by atoms with Crippen molar-refractivity contribution in [2.45, 2.75) is 39.7 Å². The molecule has 1 amide bonds. The Morgan fingerprint density at radius 2 is 2.00 bits per heavy atom. The number of rotatable bonds is 6. The van der Waals surface area contributed by atoms with E-state index in [4.69, 9.17) is 9.84 Å². The van der Waals surface area contributed by atoms with Gasteiger partial charge in [0.15, 0.2) is 0 Å². The Morgan fingerprint density at radius 1 is 1.32 bits per heavy atom. The molecule has 0 saturated carbocycles. The number of hydrogen-bond donors (Lipinski definition) is 2. The molecule has 106 valence electrons. The highest BCUT2D eigenvalue weighted by Crippen LogP contribution is 2.16. The van der Waals surface area contributed by atoms with Crippen LogP contribution in [0.25, 0.3) is 0 Å². The van der Waals surface area contributed by atoms with Crippen LogP contribution in [-0.2, 0) is 4.79 Å². The number of aliphatic hydroxyl groups is 1. The number of benzene rings is 1. The van der Waals surface area contributed by atoms with Crippen LogP contribution in [0.4, 0.5) is 0 Å². The summed E-state index contributed by atoms with van der Waals surface area (Å²) >= 11 is 0. The lowest BCUT2D eigenvalue weighted by Gasteiger charge is -2.23. The topological polar surface area (TPSA) is 58.6 Å². The summed E-state index contributed by atoms with van der Waals surface area (Å²) in [5.41, 5.74) is 1.80. The van der Waals surface area contributed by atoms with Gasteiger partial charge in [0.05, 0.1) is 25.2 Å². The van der Waals surface area contributed by atoms with E-state index >= 15 is 0 Å². The summed E-state index contributed by atoms with van der Waals surface area (Å²) in [6, 6.07) is 5.86. The molecule has 0 saturated heterocycles. The van der Waals surface area contributed by atoms with Crippen molar-refractivity contribution in [3.63, 3.8) is 0 Å². The van der Waals surface area contributed by atoms with E-state index in [1.54, 1.807) is 13.8 Å². The van der Waals surface area contributed by atoms with Crippen LogP contribution in [0.15, 0.2) is 18.2 Å². The number of aryl methyl sites for hydroxylation is 2. The molecule has 2 N–H and O–H groups in total. The van der Waals surface area contributed by atoms with Gasteiger partial charge in [-0.15, -0.1) is 0 Å². The highest BCUT2D eigenvalue weighted by molar-refractivity contribution is 5.76. The predicted octanol–water partition coefficient (Wildman–Crippen LogP) is 1.96. The molecule has 1 aromatic carbocycles. The van der Waals surface area contributed by atoms with Crippen molar-refractivity contribution >= 4 is 5.91 Å². The zero-order chi connectivity index (χ0) is 14.5. The molecule has 0 aromatic heterocycles. The number of hydrogen-bond acceptors (Lipinski definition) is 3. The van der Waals surface area contributed by atoms with Crippen LogP contribution >= 0.6 is 0 Å². The Labute approximate surface area is 114 Å². The van der Waals surface area contributed by atoms with E-state index in [1.165, 1.54) is 11.1 Å². The average Bonchev–Trinajstić information content (AvgIpc) is 2.33. The summed E-state index contributed by atoms with van der Waals surface area (Å²) in [7, 11) is 0. The van der Waals surface area contributed by atoms with Gasteiger partial charge in [-0.05, 0) is 51.0 Å². The third-order valence-electron chi connectivity index (χ3n) is 2.95. The Morgan fingerprint density at radius 3 is 2.58 bits per heavy atom. The van der Waals surface area contributed by atoms with Crippen molar-refractivity contribution in [3.05, 3.63) is 29.3 Å². The Kier molecular flexibility index (Phi) is 5.36. The van der Waals surface area contributed by atoms with Gasteiger partial charge < -0.3 is 15.2 Å². The number of ether oxygens (including phenoxy) is 1. The van der Waals surface area contributed by atoms with E-state index in [0.29, 0.717) is 6.61 Å². The van der Waals surface area contributed by atoms with E-state index in [2.05, 4.69) is 5.32 Å². The van der Waals surface area contributed by atoms with Crippen molar-refractivity contribution in [2.75, 3.05) is 13.2 Å². The van der Waals surface area contributed by atoms with Crippen LogP contribution in [0.5, 0.6) is 5.75 Å². The first kappa shape index (κ1) is 15.5. The van der Waals surface area contributed by atoms with Gasteiger partial charge in [-0.2, -0.15) is 0 Å². The molecule has 0 fully saturated rings. The van der Waals surface area contributed by atoms with Crippen LogP contribution in [0.3, 0.4) is 0 Å². The van der Waals surface area contributed by atoms with E-state index in [1.807, 2.05) is 32.0 Å². The van der Waals surface area contributed by atoms with Crippen LogP contribution in [0.1, 0.15) is 31.4 Å². The van der Waals surface area contributed by atoms with Crippen molar-refractivity contribution in [3.8, 4) is 5.75 Å². The van der Waals surface area contributed by atoms with Crippen LogP contribution in [-0.4, -0.2) is 29.8 Å². The summed E-state index contributed by atoms with van der Waals surface area (Å²) < 4.78 is 5.54. The van der Waals surface area contributed by atoms with E-state index in [9.17, 15) is 4.79 Å². The zero-order valence-electron chi connectivity index (χ0n) is 12.1. The Hall–Kier alpha value is -1.55. The van der Waals surface area contributed by atoms with Crippen molar-refractivity contribution in [1.29, 1.82) is 0 Å². The number of carbonyl (C=O) groups is 1. The van der Waals surface area contributed by atoms with Gasteiger partial charge in [-0.25, -0.2) is 0 Å². The fourth-order valence-electron chi connectivity index (χ4n) is 1.54. The minimum absolute atomic E-state index is 0.0866. The van der Waals surface area contributed by atoms with Gasteiger partial charge in [0.25, 0.3) is 0 Å². The molecule has 4 nitrogen and oxygen atoms in total. The van der Waals surface area contributed by atoms with Crippen molar-refractivity contribution in [2.24, 2.45) is 0 Å². The second-order valence-electron chi connectivity index (χ2n) is 5.43. The molecule has 19 heavy (non-hydrogen) atoms. The van der Waals surface area contributed by atoms with Crippen molar-refractivity contribution < 1.29 is 14.6 Å². The highest BCUT2D eigenvalue weighted by Gasteiger charge is 2.18. The van der Waals surface area contributed by atoms with Crippen LogP contribution < -0.4 is 10.1 Å². The van der Waals surface area contributed by atoms with Gasteiger partial charge in [0.2, 0.25) is 5.91 Å². The second-order valence-corrected chi connectivity index (χ2v) is 5.43. The maximum absolute atomic E-state index is 11.6. The maximum atomic E-state index is 11.6. The van der Waals surface area contributed by atoms with Crippen LogP contribution in [0, 0.1) is 13.8 Å². The Bertz CT molecular complexity index is 441. The normalized spacial score (nSPS) is 11.2. The first-order valence-corrected chi connectivity index (χ1v) is 6.46. The van der Waals surface area contributed by atoms with Gasteiger partial charge in [-0.3, -0.25) is 4.79 Å². The lowest BCUT2D eigenvalue weighted by atomic mass is 10.1. The first-order valence-electron chi connectivity index (χ1n) is 6.46. The highest BCUT2D eigenvalue weighted by atomic mass is 16.5. The fraction of sp³-hybridized carbons (Fsp3) is 0.533. The summed E-state index contributed by atoms with van der Waals surface area (Å²) in [6.07, 6.45) is 0.274. The SMILES string of the molecule is Cc1ccc(OCCC(=O)NC(C)(C)CO)cc1C. The molecule has 0 radical (unpaired) electrons. The number of carbonyl (C=O) groups excluding carboxylic acids is 1. The average molecular weight is 265 g/mol. The molecular weight excluding hydrogens is 242 g/mol. The van der Waals surface area contributed by atoms with Gasteiger partial charge >= 0.3 is 0 Å². The molecule has 0 aliphatic heterocycles. The molecule has 1 rings (SSSR count). The van der Waals surface area contributed by atoms with Gasteiger partial charge in [0.1, 0.15) is 5.75 Å². The lowest BCUT2D eigenvalue weighted by Crippen LogP contribution is -2.46. The quantitative estimate of drug-likeness (QED) is 0.826. The number of nitrogens with one attached hydrogen (secondary N) is 1. The molecule has 4 heteroatoms. The number of aliphatic hydroxyl groups excluding tert-OH is 1. The summed E-state index contributed by atoms with van der Waals surface area (Å²) in [5.74, 6) is 0.653. The molecule has 0 spiro atoms. The van der Waals surface area contributed by atoms with Gasteiger partial charge in [-0.1, -0.05) is 6.07 Å². The lowest BCUT2D eigenvalue weighted by molar-refractivity contribution is -0.123. The standard InChI is InChI=1S/C15H23NO3/c1-11-5-6-13(9-12(11)2)19-8-7-14(18)16-15(3,4)10-17/h5-6,9,17H,7-8,10H2,1-4H3,(H,16,18). The minimum Gasteiger partial charge on any atom is -0.493 e. The molecule has 0 heterocycles. The van der Waals surface area contributed by atoms with E-state index < -0.39 is 5.54 Å². The maximum Gasteiger partial charge on any atom is 0.223 e. The van der Waals surface area contributed by atoms with E-state index in [0.717, 1.165) is 5.75 Å². The zero-order valence-corrected chi connectivity index (χ0v) is 12.1. The molecule has 0 atom stereocenters. The summed E-state index contributed by atoms with van der Waals surface area (Å²) in [5, 5.41) is 11.8. The third-order valence-corrected chi connectivity index (χ3v) is 2.95. The monoisotopic (exact) mass is 265 g/mol. The van der Waals surface area contributed by atoms with Crippen molar-refractivity contribution in [1.82, 2.24) is 5.32 Å². The summed E-state index contributed by atoms with van der Waals surface area (Å²) in [6.45, 7) is 7.86. The minimum atomic E-state index is -0.586. The molecular formula is C15H23NO3. The number of amides is 1. The van der Waals surface area contributed by atoms with E-state index in [-0.39, 0.29) is 18.9 Å². The molecule has 0 unspecified atom stereocenters.